The Hall–Kier alpha value is -0.150. The molecule has 1 rings (SSSR count). The molecule has 0 N–H and O–H groups in total. The molecule has 1 heterocycles. The minimum Gasteiger partial charge on any atom is -0.353 e. The Bertz CT molecular complexity index is 113. The molecule has 0 aromatic rings. The van der Waals surface area contributed by atoms with E-state index in [1.165, 1.54) is 0 Å². The summed E-state index contributed by atoms with van der Waals surface area (Å²) in [6.07, 6.45) is 3.06. The van der Waals surface area contributed by atoms with Crippen LogP contribution < -0.4 is 0 Å². The van der Waals surface area contributed by atoms with Gasteiger partial charge in [0.25, 0.3) is 0 Å². The molecular formula is C9H16FO2. The Morgan fingerprint density at radius 1 is 1.58 bits per heavy atom. The molecule has 0 aliphatic carbocycles. The second-order valence-corrected chi connectivity index (χ2v) is 3.15. The van der Waals surface area contributed by atoms with Gasteiger partial charge in [-0.05, 0) is 26.2 Å². The van der Waals surface area contributed by atoms with E-state index in [0.29, 0.717) is 6.61 Å². The van der Waals surface area contributed by atoms with Crippen LogP contribution in [-0.4, -0.2) is 26.2 Å². The predicted octanol–water partition coefficient (Wildman–Crippen LogP) is 1.95. The third-order valence-electron chi connectivity index (χ3n) is 1.87. The molecule has 1 aliphatic rings. The van der Waals surface area contributed by atoms with Crippen molar-refractivity contribution < 1.29 is 13.9 Å². The molecule has 1 fully saturated rings. The van der Waals surface area contributed by atoms with Gasteiger partial charge in [-0.1, -0.05) is 0 Å². The van der Waals surface area contributed by atoms with Gasteiger partial charge in [-0.25, -0.2) is 0 Å². The van der Waals surface area contributed by atoms with Gasteiger partial charge >= 0.3 is 0 Å². The number of ether oxygens (including phenoxy) is 2. The fraction of sp³-hybridized carbons (Fsp3) is 0.889. The highest BCUT2D eigenvalue weighted by molar-refractivity contribution is 4.60. The van der Waals surface area contributed by atoms with Crippen molar-refractivity contribution in [3.63, 3.8) is 0 Å². The zero-order chi connectivity index (χ0) is 8.81. The van der Waals surface area contributed by atoms with Crippen LogP contribution in [0.2, 0.25) is 0 Å². The topological polar surface area (TPSA) is 18.5 Å². The van der Waals surface area contributed by atoms with Crippen molar-refractivity contribution in [2.45, 2.75) is 25.6 Å². The monoisotopic (exact) mass is 175 g/mol. The Labute approximate surface area is 73.0 Å². The van der Waals surface area contributed by atoms with Crippen LogP contribution in [0.4, 0.5) is 4.39 Å². The van der Waals surface area contributed by atoms with E-state index in [4.69, 9.17) is 9.47 Å². The first-order chi connectivity index (χ1) is 5.83. The molecule has 2 nitrogen and oxygen atoms in total. The molecule has 12 heavy (non-hydrogen) atoms. The van der Waals surface area contributed by atoms with Crippen LogP contribution in [-0.2, 0) is 9.47 Å². The predicted molar refractivity (Wildman–Crippen MR) is 44.4 cm³/mol. The molecule has 2 atom stereocenters. The zero-order valence-corrected chi connectivity index (χ0v) is 7.30. The van der Waals surface area contributed by atoms with Crippen molar-refractivity contribution in [1.82, 2.24) is 0 Å². The molecule has 71 valence electrons. The highest BCUT2D eigenvalue weighted by Gasteiger charge is 2.14. The summed E-state index contributed by atoms with van der Waals surface area (Å²) in [5.41, 5.74) is 0. The van der Waals surface area contributed by atoms with Crippen LogP contribution in [0.25, 0.3) is 0 Å². The quantitative estimate of drug-likeness (QED) is 0.650. The third-order valence-corrected chi connectivity index (χ3v) is 1.87. The molecule has 0 amide bonds. The lowest BCUT2D eigenvalue weighted by atomic mass is 10.2. The molecule has 2 unspecified atom stereocenters. The van der Waals surface area contributed by atoms with E-state index in [-0.39, 0.29) is 12.2 Å². The van der Waals surface area contributed by atoms with E-state index in [1.54, 1.807) is 0 Å². The number of alkyl halides is 1. The smallest absolute Gasteiger partial charge is 0.157 e. The van der Waals surface area contributed by atoms with Gasteiger partial charge in [0.1, 0.15) is 0 Å². The van der Waals surface area contributed by atoms with Crippen LogP contribution in [0.3, 0.4) is 0 Å². The van der Waals surface area contributed by atoms with Crippen LogP contribution in [0.5, 0.6) is 0 Å². The summed E-state index contributed by atoms with van der Waals surface area (Å²) in [7, 11) is 0. The first-order valence-corrected chi connectivity index (χ1v) is 4.45. The molecule has 0 aromatic heterocycles. The highest BCUT2D eigenvalue weighted by Crippen LogP contribution is 2.14. The van der Waals surface area contributed by atoms with Gasteiger partial charge in [-0.2, -0.15) is 0 Å². The van der Waals surface area contributed by atoms with Crippen LogP contribution in [0, 0.1) is 12.8 Å². The lowest BCUT2D eigenvalue weighted by molar-refractivity contribution is -0.167. The Morgan fingerprint density at radius 2 is 2.42 bits per heavy atom. The summed E-state index contributed by atoms with van der Waals surface area (Å²) in [5, 5.41) is 0. The summed E-state index contributed by atoms with van der Waals surface area (Å²) >= 11 is 0. The van der Waals surface area contributed by atoms with Gasteiger partial charge in [0.2, 0.25) is 0 Å². The summed E-state index contributed by atoms with van der Waals surface area (Å²) in [6.45, 7) is 4.29. The van der Waals surface area contributed by atoms with Crippen LogP contribution in [0.15, 0.2) is 0 Å². The number of rotatable bonds is 4. The van der Waals surface area contributed by atoms with Gasteiger partial charge in [-0.15, -0.1) is 0 Å². The van der Waals surface area contributed by atoms with Gasteiger partial charge in [-0.3, -0.25) is 4.39 Å². The molecule has 1 aliphatic heterocycles. The van der Waals surface area contributed by atoms with Gasteiger partial charge < -0.3 is 9.47 Å². The van der Waals surface area contributed by atoms with Crippen molar-refractivity contribution in [2.75, 3.05) is 19.9 Å². The lowest BCUT2D eigenvalue weighted by Crippen LogP contribution is -2.24. The number of halogens is 1. The van der Waals surface area contributed by atoms with Gasteiger partial charge in [0, 0.05) is 12.5 Å². The summed E-state index contributed by atoms with van der Waals surface area (Å²) in [5.74, 6) is -0.254. The minimum absolute atomic E-state index is 0.116. The third kappa shape index (κ3) is 3.50. The van der Waals surface area contributed by atoms with Crippen LogP contribution >= 0.6 is 0 Å². The summed E-state index contributed by atoms with van der Waals surface area (Å²) < 4.78 is 22.6. The first kappa shape index (κ1) is 9.93. The van der Waals surface area contributed by atoms with Crippen molar-refractivity contribution in [2.24, 2.45) is 5.92 Å². The fourth-order valence-corrected chi connectivity index (χ4v) is 1.13. The van der Waals surface area contributed by atoms with E-state index < -0.39 is 6.67 Å². The molecule has 0 aromatic carbocycles. The molecule has 0 spiro atoms. The lowest BCUT2D eigenvalue weighted by Gasteiger charge is -2.23. The Morgan fingerprint density at radius 3 is 3.00 bits per heavy atom. The standard InChI is InChI=1S/C9H16FO2/c1-8(6-10)7-12-9-4-2-3-5-11-9/h8-9H,1-7H2. The van der Waals surface area contributed by atoms with E-state index in [1.807, 2.05) is 0 Å². The minimum atomic E-state index is -0.424. The van der Waals surface area contributed by atoms with Gasteiger partial charge in [0.15, 0.2) is 6.29 Å². The number of hydrogen-bond donors (Lipinski definition) is 0. The van der Waals surface area contributed by atoms with Crippen LogP contribution in [0.1, 0.15) is 19.3 Å². The second kappa shape index (κ2) is 5.49. The maximum absolute atomic E-state index is 12.0. The maximum Gasteiger partial charge on any atom is 0.157 e. The van der Waals surface area contributed by atoms with E-state index in [9.17, 15) is 4.39 Å². The Kier molecular flexibility index (Phi) is 4.54. The first-order valence-electron chi connectivity index (χ1n) is 4.45. The van der Waals surface area contributed by atoms with E-state index >= 15 is 0 Å². The largest absolute Gasteiger partial charge is 0.353 e. The highest BCUT2D eigenvalue weighted by atomic mass is 19.1. The van der Waals surface area contributed by atoms with E-state index in [0.717, 1.165) is 25.9 Å². The molecule has 1 radical (unpaired) electrons. The molecule has 3 heteroatoms. The second-order valence-electron chi connectivity index (χ2n) is 3.15. The zero-order valence-electron chi connectivity index (χ0n) is 7.30. The molecule has 1 saturated heterocycles. The average molecular weight is 175 g/mol. The molecular weight excluding hydrogens is 159 g/mol. The Balaban J connectivity index is 2.05. The van der Waals surface area contributed by atoms with Crippen molar-refractivity contribution >= 4 is 0 Å². The average Bonchev–Trinajstić information content (AvgIpc) is 2.16. The molecule has 0 saturated carbocycles. The normalized spacial score (nSPS) is 27.0. The van der Waals surface area contributed by atoms with Crippen molar-refractivity contribution in [3.8, 4) is 0 Å². The summed E-state index contributed by atoms with van der Waals surface area (Å²) in [6, 6.07) is 0. The van der Waals surface area contributed by atoms with Gasteiger partial charge in [0.05, 0.1) is 13.3 Å². The fourth-order valence-electron chi connectivity index (χ4n) is 1.13. The van der Waals surface area contributed by atoms with E-state index in [2.05, 4.69) is 6.92 Å². The summed E-state index contributed by atoms with van der Waals surface area (Å²) in [4.78, 5) is 0. The SMILES string of the molecule is [CH2]C(CF)COC1CCCCO1. The molecule has 0 bridgehead atoms. The van der Waals surface area contributed by atoms with Crippen molar-refractivity contribution in [3.05, 3.63) is 6.92 Å². The maximum atomic E-state index is 12.0. The van der Waals surface area contributed by atoms with Crippen molar-refractivity contribution in [1.29, 1.82) is 0 Å². The number of hydrogen-bond acceptors (Lipinski definition) is 2.